The topological polar surface area (TPSA) is 91.2 Å². The Morgan fingerprint density at radius 3 is 2.74 bits per heavy atom. The lowest BCUT2D eigenvalue weighted by molar-refractivity contribution is 0.0998. The van der Waals surface area contributed by atoms with Gasteiger partial charge in [-0.1, -0.05) is 6.07 Å². The number of aromatic nitrogens is 1. The van der Waals surface area contributed by atoms with E-state index in [0.29, 0.717) is 0 Å². The molecule has 1 heterocycles. The van der Waals surface area contributed by atoms with Crippen LogP contribution in [-0.2, 0) is 0 Å². The zero-order chi connectivity index (χ0) is 14.0. The maximum Gasteiger partial charge on any atom is 0.252 e. The largest absolute Gasteiger partial charge is 0.452 e. The second-order valence-corrected chi connectivity index (χ2v) is 4.01. The van der Waals surface area contributed by atoms with Crippen LogP contribution in [0.1, 0.15) is 15.9 Å². The maximum absolute atomic E-state index is 13.6. The number of carbonyl (C=O) groups excluding carboxylic acids is 1. The fraction of sp³-hybridized carbons (Fsp3) is 0.0769. The van der Waals surface area contributed by atoms with Crippen LogP contribution in [0.3, 0.4) is 0 Å². The average Bonchev–Trinajstić information content (AvgIpc) is 2.35. The van der Waals surface area contributed by atoms with E-state index in [2.05, 4.69) is 4.98 Å². The molecule has 4 N–H and O–H groups in total. The summed E-state index contributed by atoms with van der Waals surface area (Å²) in [6.45, 7) is 1.79. The molecule has 0 saturated carbocycles. The van der Waals surface area contributed by atoms with Gasteiger partial charge in [-0.3, -0.25) is 4.79 Å². The van der Waals surface area contributed by atoms with E-state index in [1.807, 2.05) is 0 Å². The van der Waals surface area contributed by atoms with Crippen LogP contribution in [0, 0.1) is 12.7 Å². The predicted molar refractivity (Wildman–Crippen MR) is 68.4 cm³/mol. The van der Waals surface area contributed by atoms with Crippen molar-refractivity contribution in [2.24, 2.45) is 5.73 Å². The third-order valence-corrected chi connectivity index (χ3v) is 2.46. The van der Waals surface area contributed by atoms with E-state index < -0.39 is 11.7 Å². The number of nitrogens with two attached hydrogens (primary N) is 2. The summed E-state index contributed by atoms with van der Waals surface area (Å²) in [4.78, 5) is 15.1. The standard InChI is InChI=1S/C13H12FN3O2/c1-7-2-3-9(14)10(4-7)19-11-6-17-12(15)5-8(11)13(16)18/h2-6H,1H3,(H2,15,17)(H2,16,18). The Kier molecular flexibility index (Phi) is 3.33. The Morgan fingerprint density at radius 2 is 2.05 bits per heavy atom. The number of amides is 1. The first-order chi connectivity index (χ1) is 8.97. The summed E-state index contributed by atoms with van der Waals surface area (Å²) in [5.41, 5.74) is 11.5. The summed E-state index contributed by atoms with van der Waals surface area (Å²) >= 11 is 0. The summed E-state index contributed by atoms with van der Waals surface area (Å²) in [5, 5.41) is 0. The zero-order valence-corrected chi connectivity index (χ0v) is 10.2. The second-order valence-electron chi connectivity index (χ2n) is 4.01. The Hall–Kier alpha value is -2.63. The van der Waals surface area contributed by atoms with Crippen molar-refractivity contribution < 1.29 is 13.9 Å². The molecule has 2 rings (SSSR count). The van der Waals surface area contributed by atoms with Gasteiger partial charge in [-0.25, -0.2) is 9.37 Å². The van der Waals surface area contributed by atoms with E-state index in [1.54, 1.807) is 13.0 Å². The van der Waals surface area contributed by atoms with Gasteiger partial charge in [0.2, 0.25) is 0 Å². The first-order valence-corrected chi connectivity index (χ1v) is 5.46. The van der Waals surface area contributed by atoms with E-state index in [0.717, 1.165) is 5.56 Å². The molecule has 6 heteroatoms. The number of halogens is 1. The number of nitrogens with zero attached hydrogens (tertiary/aromatic N) is 1. The third-order valence-electron chi connectivity index (χ3n) is 2.46. The van der Waals surface area contributed by atoms with Gasteiger partial charge in [-0.05, 0) is 30.7 Å². The van der Waals surface area contributed by atoms with Crippen LogP contribution in [0.25, 0.3) is 0 Å². The molecular weight excluding hydrogens is 249 g/mol. The number of benzene rings is 1. The Labute approximate surface area is 109 Å². The van der Waals surface area contributed by atoms with Gasteiger partial charge in [-0.2, -0.15) is 0 Å². The van der Waals surface area contributed by atoms with Crippen molar-refractivity contribution in [1.82, 2.24) is 4.98 Å². The molecule has 2 aromatic rings. The van der Waals surface area contributed by atoms with Gasteiger partial charge in [0, 0.05) is 0 Å². The molecule has 1 amide bonds. The molecule has 19 heavy (non-hydrogen) atoms. The van der Waals surface area contributed by atoms with Crippen LogP contribution in [0.4, 0.5) is 10.2 Å². The van der Waals surface area contributed by atoms with Gasteiger partial charge < -0.3 is 16.2 Å². The molecule has 0 saturated heterocycles. The number of anilines is 1. The first-order valence-electron chi connectivity index (χ1n) is 5.46. The quantitative estimate of drug-likeness (QED) is 0.884. The van der Waals surface area contributed by atoms with Crippen molar-refractivity contribution in [2.45, 2.75) is 6.92 Å². The van der Waals surface area contributed by atoms with Crippen molar-refractivity contribution in [2.75, 3.05) is 5.73 Å². The van der Waals surface area contributed by atoms with Crippen molar-refractivity contribution in [3.63, 3.8) is 0 Å². The fourth-order valence-corrected chi connectivity index (χ4v) is 1.54. The molecule has 0 atom stereocenters. The fourth-order valence-electron chi connectivity index (χ4n) is 1.54. The lowest BCUT2D eigenvalue weighted by Gasteiger charge is -2.10. The Bertz CT molecular complexity index is 644. The summed E-state index contributed by atoms with van der Waals surface area (Å²) < 4.78 is 18.9. The van der Waals surface area contributed by atoms with Crippen molar-refractivity contribution in [3.8, 4) is 11.5 Å². The van der Waals surface area contributed by atoms with Gasteiger partial charge in [0.05, 0.1) is 11.8 Å². The van der Waals surface area contributed by atoms with Crippen LogP contribution < -0.4 is 16.2 Å². The molecular formula is C13H12FN3O2. The molecule has 0 fully saturated rings. The number of hydrogen-bond acceptors (Lipinski definition) is 4. The normalized spacial score (nSPS) is 10.2. The summed E-state index contributed by atoms with van der Waals surface area (Å²) in [6, 6.07) is 5.68. The number of aryl methyl sites for hydroxylation is 1. The number of hydrogen-bond donors (Lipinski definition) is 2. The monoisotopic (exact) mass is 261 g/mol. The highest BCUT2D eigenvalue weighted by atomic mass is 19.1. The number of primary amides is 1. The number of carbonyl (C=O) groups is 1. The molecule has 1 aromatic carbocycles. The van der Waals surface area contributed by atoms with Gasteiger partial charge in [0.1, 0.15) is 5.82 Å². The lowest BCUT2D eigenvalue weighted by Crippen LogP contribution is -2.13. The molecule has 0 bridgehead atoms. The summed E-state index contributed by atoms with van der Waals surface area (Å²) in [6.07, 6.45) is 1.23. The predicted octanol–water partition coefficient (Wildman–Crippen LogP) is 2.00. The van der Waals surface area contributed by atoms with E-state index in [4.69, 9.17) is 16.2 Å². The molecule has 1 aromatic heterocycles. The number of pyridine rings is 1. The third kappa shape index (κ3) is 2.79. The number of ether oxygens (including phenoxy) is 1. The van der Waals surface area contributed by atoms with Crippen molar-refractivity contribution >= 4 is 11.7 Å². The molecule has 0 aliphatic heterocycles. The molecule has 98 valence electrons. The SMILES string of the molecule is Cc1ccc(F)c(Oc2cnc(N)cc2C(N)=O)c1. The van der Waals surface area contributed by atoms with E-state index in [-0.39, 0.29) is 22.9 Å². The van der Waals surface area contributed by atoms with Gasteiger partial charge in [0.15, 0.2) is 17.3 Å². The molecule has 0 radical (unpaired) electrons. The van der Waals surface area contributed by atoms with E-state index in [9.17, 15) is 9.18 Å². The van der Waals surface area contributed by atoms with Crippen molar-refractivity contribution in [3.05, 3.63) is 47.4 Å². The number of rotatable bonds is 3. The van der Waals surface area contributed by atoms with Crippen molar-refractivity contribution in [1.29, 1.82) is 0 Å². The molecule has 0 aliphatic rings. The summed E-state index contributed by atoms with van der Waals surface area (Å²) in [5.74, 6) is -1.08. The Morgan fingerprint density at radius 1 is 1.32 bits per heavy atom. The highest BCUT2D eigenvalue weighted by Gasteiger charge is 2.13. The van der Waals surface area contributed by atoms with Crippen LogP contribution in [0.2, 0.25) is 0 Å². The molecule has 0 spiro atoms. The minimum atomic E-state index is -0.725. The number of nitrogen functional groups attached to an aromatic ring is 1. The van der Waals surface area contributed by atoms with Gasteiger partial charge in [0.25, 0.3) is 5.91 Å². The zero-order valence-electron chi connectivity index (χ0n) is 10.2. The first kappa shape index (κ1) is 12.8. The minimum Gasteiger partial charge on any atom is -0.452 e. The highest BCUT2D eigenvalue weighted by Crippen LogP contribution is 2.28. The van der Waals surface area contributed by atoms with E-state index >= 15 is 0 Å². The van der Waals surface area contributed by atoms with Crippen LogP contribution in [0.15, 0.2) is 30.5 Å². The molecule has 0 aliphatic carbocycles. The smallest absolute Gasteiger partial charge is 0.252 e. The average molecular weight is 261 g/mol. The lowest BCUT2D eigenvalue weighted by atomic mass is 10.2. The Balaban J connectivity index is 2.43. The van der Waals surface area contributed by atoms with Crippen LogP contribution in [0.5, 0.6) is 11.5 Å². The maximum atomic E-state index is 13.6. The van der Waals surface area contributed by atoms with Crippen LogP contribution in [-0.4, -0.2) is 10.9 Å². The second kappa shape index (κ2) is 4.93. The molecule has 5 nitrogen and oxygen atoms in total. The van der Waals surface area contributed by atoms with Gasteiger partial charge >= 0.3 is 0 Å². The van der Waals surface area contributed by atoms with E-state index in [1.165, 1.54) is 24.4 Å². The summed E-state index contributed by atoms with van der Waals surface area (Å²) in [7, 11) is 0. The van der Waals surface area contributed by atoms with Crippen LogP contribution >= 0.6 is 0 Å². The molecule has 0 unspecified atom stereocenters. The highest BCUT2D eigenvalue weighted by molar-refractivity contribution is 5.96. The van der Waals surface area contributed by atoms with Gasteiger partial charge in [-0.15, -0.1) is 0 Å². The minimum absolute atomic E-state index is 0.00549.